The highest BCUT2D eigenvalue weighted by Crippen LogP contribution is 2.33. The number of benzene rings is 1. The Morgan fingerprint density at radius 3 is 2.21 bits per heavy atom. The van der Waals surface area contributed by atoms with E-state index >= 15 is 0 Å². The summed E-state index contributed by atoms with van der Waals surface area (Å²) in [5.41, 5.74) is 1.27. The number of nitrogens with one attached hydrogen (secondary N) is 1. The van der Waals surface area contributed by atoms with Gasteiger partial charge in [-0.15, -0.1) is 0 Å². The van der Waals surface area contributed by atoms with Gasteiger partial charge in [-0.05, 0) is 36.5 Å². The molecule has 0 spiro atoms. The molecular formula is C17H28FN. The fourth-order valence-corrected chi connectivity index (χ4v) is 2.38. The van der Waals surface area contributed by atoms with E-state index in [4.69, 9.17) is 0 Å². The molecule has 2 atom stereocenters. The number of rotatable bonds is 6. The van der Waals surface area contributed by atoms with Crippen LogP contribution in [0.25, 0.3) is 0 Å². The largest absolute Gasteiger partial charge is 0.307 e. The van der Waals surface area contributed by atoms with Gasteiger partial charge in [0.05, 0.1) is 0 Å². The normalized spacial score (nSPS) is 15.3. The van der Waals surface area contributed by atoms with Crippen LogP contribution < -0.4 is 5.32 Å². The average Bonchev–Trinajstić information content (AvgIpc) is 2.33. The number of hydrogen-bond donors (Lipinski definition) is 1. The van der Waals surface area contributed by atoms with E-state index in [0.717, 1.165) is 5.56 Å². The number of hydrogen-bond acceptors (Lipinski definition) is 1. The Kier molecular flexibility index (Phi) is 5.99. The molecule has 1 N–H and O–H groups in total. The van der Waals surface area contributed by atoms with E-state index in [2.05, 4.69) is 39.9 Å². The van der Waals surface area contributed by atoms with Crippen LogP contribution in [0, 0.1) is 11.2 Å². The summed E-state index contributed by atoms with van der Waals surface area (Å²) < 4.78 is 13.1. The quantitative estimate of drug-likeness (QED) is 0.756. The molecule has 1 aromatic carbocycles. The topological polar surface area (TPSA) is 12.0 Å². The highest BCUT2D eigenvalue weighted by molar-refractivity contribution is 5.21. The second-order valence-electron chi connectivity index (χ2n) is 6.56. The molecule has 0 bridgehead atoms. The minimum atomic E-state index is -0.171. The van der Waals surface area contributed by atoms with Crippen molar-refractivity contribution >= 4 is 0 Å². The molecule has 0 aliphatic carbocycles. The van der Waals surface area contributed by atoms with Crippen LogP contribution in [0.4, 0.5) is 4.39 Å². The van der Waals surface area contributed by atoms with Crippen LogP contribution in [-0.2, 0) is 0 Å². The van der Waals surface area contributed by atoms with Gasteiger partial charge in [0, 0.05) is 12.1 Å². The van der Waals surface area contributed by atoms with E-state index in [1.807, 2.05) is 12.1 Å². The van der Waals surface area contributed by atoms with Crippen molar-refractivity contribution in [2.45, 2.75) is 66.0 Å². The van der Waals surface area contributed by atoms with Gasteiger partial charge in [0.1, 0.15) is 5.82 Å². The van der Waals surface area contributed by atoms with E-state index in [1.54, 1.807) is 12.1 Å². The first-order valence-corrected chi connectivity index (χ1v) is 7.36. The highest BCUT2D eigenvalue weighted by Gasteiger charge is 2.27. The van der Waals surface area contributed by atoms with E-state index in [9.17, 15) is 4.39 Å². The molecular weight excluding hydrogens is 237 g/mol. The van der Waals surface area contributed by atoms with E-state index in [1.165, 1.54) is 19.3 Å². The molecule has 0 aliphatic heterocycles. The van der Waals surface area contributed by atoms with Crippen molar-refractivity contribution in [2.24, 2.45) is 5.41 Å². The number of halogens is 1. The smallest absolute Gasteiger partial charge is 0.123 e. The fourth-order valence-electron chi connectivity index (χ4n) is 2.38. The maximum absolute atomic E-state index is 13.1. The summed E-state index contributed by atoms with van der Waals surface area (Å²) >= 11 is 0. The maximum Gasteiger partial charge on any atom is 0.123 e. The highest BCUT2D eigenvalue weighted by atomic mass is 19.1. The first-order valence-electron chi connectivity index (χ1n) is 7.36. The SMILES string of the molecule is CCCCC(C)NC(c1ccc(F)cc1)C(C)(C)C. The molecule has 108 valence electrons. The van der Waals surface area contributed by atoms with Gasteiger partial charge < -0.3 is 5.32 Å². The summed E-state index contributed by atoms with van der Waals surface area (Å²) in [7, 11) is 0. The van der Waals surface area contributed by atoms with Crippen molar-refractivity contribution in [2.75, 3.05) is 0 Å². The predicted molar refractivity (Wildman–Crippen MR) is 80.7 cm³/mol. The molecule has 0 aliphatic rings. The lowest BCUT2D eigenvalue weighted by Gasteiger charge is -2.34. The van der Waals surface area contributed by atoms with Gasteiger partial charge in [-0.25, -0.2) is 4.39 Å². The Morgan fingerprint density at radius 1 is 1.16 bits per heavy atom. The molecule has 0 amide bonds. The van der Waals surface area contributed by atoms with E-state index in [0.29, 0.717) is 6.04 Å². The summed E-state index contributed by atoms with van der Waals surface area (Å²) in [6, 6.07) is 7.61. The van der Waals surface area contributed by atoms with Crippen LogP contribution in [0.15, 0.2) is 24.3 Å². The molecule has 0 aromatic heterocycles. The van der Waals surface area contributed by atoms with Gasteiger partial charge in [-0.2, -0.15) is 0 Å². The summed E-state index contributed by atoms with van der Waals surface area (Å²) in [4.78, 5) is 0. The molecule has 1 aromatic rings. The lowest BCUT2D eigenvalue weighted by molar-refractivity contribution is 0.248. The van der Waals surface area contributed by atoms with E-state index in [-0.39, 0.29) is 17.3 Å². The Hall–Kier alpha value is -0.890. The lowest BCUT2D eigenvalue weighted by Crippen LogP contribution is -2.38. The van der Waals surface area contributed by atoms with Gasteiger partial charge >= 0.3 is 0 Å². The van der Waals surface area contributed by atoms with Gasteiger partial charge in [0.25, 0.3) is 0 Å². The van der Waals surface area contributed by atoms with Crippen LogP contribution >= 0.6 is 0 Å². The third kappa shape index (κ3) is 5.32. The fraction of sp³-hybridized carbons (Fsp3) is 0.647. The van der Waals surface area contributed by atoms with Crippen molar-refractivity contribution < 1.29 is 4.39 Å². The van der Waals surface area contributed by atoms with E-state index < -0.39 is 0 Å². The molecule has 0 heterocycles. The molecule has 1 nitrogen and oxygen atoms in total. The Morgan fingerprint density at radius 2 is 1.74 bits per heavy atom. The zero-order valence-corrected chi connectivity index (χ0v) is 13.0. The van der Waals surface area contributed by atoms with Crippen LogP contribution in [0.5, 0.6) is 0 Å². The second-order valence-corrected chi connectivity index (χ2v) is 6.56. The summed E-state index contributed by atoms with van der Waals surface area (Å²) in [6.07, 6.45) is 3.65. The van der Waals surface area contributed by atoms with Gasteiger partial charge in [0.2, 0.25) is 0 Å². The standard InChI is InChI=1S/C17H28FN/c1-6-7-8-13(2)19-16(17(3,4)5)14-9-11-15(18)12-10-14/h9-13,16,19H,6-8H2,1-5H3. The predicted octanol–water partition coefficient (Wildman–Crippen LogP) is 5.08. The average molecular weight is 265 g/mol. The van der Waals surface area contributed by atoms with Crippen molar-refractivity contribution in [3.63, 3.8) is 0 Å². The molecule has 1 rings (SSSR count). The van der Waals surface area contributed by atoms with Crippen LogP contribution in [0.2, 0.25) is 0 Å². The molecule has 2 heteroatoms. The number of unbranched alkanes of at least 4 members (excludes halogenated alkanes) is 1. The maximum atomic E-state index is 13.1. The van der Waals surface area contributed by atoms with Crippen molar-refractivity contribution in [1.29, 1.82) is 0 Å². The van der Waals surface area contributed by atoms with Crippen LogP contribution in [0.3, 0.4) is 0 Å². The minimum absolute atomic E-state index is 0.109. The third-order valence-electron chi connectivity index (χ3n) is 3.51. The molecule has 0 saturated carbocycles. The minimum Gasteiger partial charge on any atom is -0.307 e. The summed E-state index contributed by atoms with van der Waals surface area (Å²) in [5.74, 6) is -0.171. The monoisotopic (exact) mass is 265 g/mol. The second kappa shape index (κ2) is 7.04. The van der Waals surface area contributed by atoms with Crippen molar-refractivity contribution in [1.82, 2.24) is 5.32 Å². The molecule has 0 fully saturated rings. The Balaban J connectivity index is 2.81. The first kappa shape index (κ1) is 16.2. The summed E-state index contributed by atoms with van der Waals surface area (Å²) in [6.45, 7) is 11.1. The first-order chi connectivity index (χ1) is 8.84. The lowest BCUT2D eigenvalue weighted by atomic mass is 9.81. The zero-order valence-electron chi connectivity index (χ0n) is 13.0. The van der Waals surface area contributed by atoms with Gasteiger partial charge in [-0.1, -0.05) is 52.7 Å². The molecule has 2 unspecified atom stereocenters. The van der Waals surface area contributed by atoms with Crippen molar-refractivity contribution in [3.05, 3.63) is 35.6 Å². The van der Waals surface area contributed by atoms with Gasteiger partial charge in [0.15, 0.2) is 0 Å². The molecule has 0 saturated heterocycles. The molecule has 19 heavy (non-hydrogen) atoms. The molecule has 0 radical (unpaired) electrons. The Bertz CT molecular complexity index is 364. The van der Waals surface area contributed by atoms with Gasteiger partial charge in [-0.3, -0.25) is 0 Å². The summed E-state index contributed by atoms with van der Waals surface area (Å²) in [5, 5.41) is 3.71. The Labute approximate surface area is 117 Å². The van der Waals surface area contributed by atoms with Crippen LogP contribution in [-0.4, -0.2) is 6.04 Å². The zero-order chi connectivity index (χ0) is 14.5. The van der Waals surface area contributed by atoms with Crippen LogP contribution in [0.1, 0.15) is 65.5 Å². The third-order valence-corrected chi connectivity index (χ3v) is 3.51. The van der Waals surface area contributed by atoms with Crippen molar-refractivity contribution in [3.8, 4) is 0 Å².